The van der Waals surface area contributed by atoms with E-state index in [1.54, 1.807) is 22.0 Å². The molecule has 0 spiro atoms. The second-order valence-corrected chi connectivity index (χ2v) is 6.81. The van der Waals surface area contributed by atoms with Crippen LogP contribution in [0.2, 0.25) is 0 Å². The number of anilines is 1. The molecule has 0 unspecified atom stereocenters. The van der Waals surface area contributed by atoms with Gasteiger partial charge in [-0.25, -0.2) is 9.67 Å². The highest BCUT2D eigenvalue weighted by Gasteiger charge is 2.25. The number of carbonyl (C=O) groups is 1. The standard InChI is InChI=1S/C20H18N8O2/c29-20(16-12-17(30-25-16)15-4-2-1-3-5-15)27-10-8-26(9-11-27)18-6-7-19(24-23-18)28-14-21-13-22-28/h1-7,12-14H,8-11H2. The Kier molecular flexibility index (Phi) is 4.64. The van der Waals surface area contributed by atoms with Gasteiger partial charge in [0.05, 0.1) is 0 Å². The van der Waals surface area contributed by atoms with Gasteiger partial charge < -0.3 is 14.3 Å². The first-order valence-electron chi connectivity index (χ1n) is 9.53. The lowest BCUT2D eigenvalue weighted by molar-refractivity contribution is 0.0736. The van der Waals surface area contributed by atoms with Crippen LogP contribution in [0.25, 0.3) is 17.1 Å². The normalized spacial score (nSPS) is 14.1. The topological polar surface area (TPSA) is 106 Å². The molecule has 3 aromatic heterocycles. The van der Waals surface area contributed by atoms with Gasteiger partial charge in [0.1, 0.15) is 12.7 Å². The number of hydrogen-bond donors (Lipinski definition) is 0. The number of benzene rings is 1. The summed E-state index contributed by atoms with van der Waals surface area (Å²) in [6.45, 7) is 2.46. The largest absolute Gasteiger partial charge is 0.355 e. The van der Waals surface area contributed by atoms with E-state index in [0.717, 1.165) is 11.4 Å². The van der Waals surface area contributed by atoms with Gasteiger partial charge in [0.15, 0.2) is 23.1 Å². The summed E-state index contributed by atoms with van der Waals surface area (Å²) in [5.74, 6) is 1.82. The van der Waals surface area contributed by atoms with Crippen molar-refractivity contribution in [2.45, 2.75) is 0 Å². The molecule has 0 N–H and O–H groups in total. The zero-order valence-corrected chi connectivity index (χ0v) is 16.0. The van der Waals surface area contributed by atoms with Gasteiger partial charge in [0, 0.05) is 37.8 Å². The third-order valence-electron chi connectivity index (χ3n) is 4.97. The van der Waals surface area contributed by atoms with Crippen LogP contribution in [0.5, 0.6) is 0 Å². The molecule has 10 nitrogen and oxygen atoms in total. The van der Waals surface area contributed by atoms with E-state index in [9.17, 15) is 4.79 Å². The van der Waals surface area contributed by atoms with Crippen LogP contribution in [0.1, 0.15) is 10.5 Å². The van der Waals surface area contributed by atoms with Gasteiger partial charge in [-0.2, -0.15) is 5.10 Å². The fourth-order valence-electron chi connectivity index (χ4n) is 3.35. The van der Waals surface area contributed by atoms with Gasteiger partial charge in [0.25, 0.3) is 5.91 Å². The summed E-state index contributed by atoms with van der Waals surface area (Å²) in [5.41, 5.74) is 1.21. The molecule has 0 radical (unpaired) electrons. The molecule has 4 aromatic rings. The molecule has 10 heteroatoms. The van der Waals surface area contributed by atoms with Crippen LogP contribution in [0.15, 0.2) is 65.7 Å². The third-order valence-corrected chi connectivity index (χ3v) is 4.97. The fourth-order valence-corrected chi connectivity index (χ4v) is 3.35. The summed E-state index contributed by atoms with van der Waals surface area (Å²) >= 11 is 0. The first-order valence-corrected chi connectivity index (χ1v) is 9.53. The Labute approximate surface area is 171 Å². The summed E-state index contributed by atoms with van der Waals surface area (Å²) in [7, 11) is 0. The van der Waals surface area contributed by atoms with Crippen molar-refractivity contribution in [2.24, 2.45) is 0 Å². The van der Waals surface area contributed by atoms with Crippen LogP contribution in [0.3, 0.4) is 0 Å². The molecule has 1 aromatic carbocycles. The lowest BCUT2D eigenvalue weighted by Crippen LogP contribution is -2.49. The monoisotopic (exact) mass is 402 g/mol. The predicted octanol–water partition coefficient (Wildman–Crippen LogP) is 1.67. The first kappa shape index (κ1) is 18.0. The SMILES string of the molecule is O=C(c1cc(-c2ccccc2)on1)N1CCN(c2ccc(-n3cncn3)nn2)CC1. The van der Waals surface area contributed by atoms with E-state index in [1.165, 1.54) is 6.33 Å². The predicted molar refractivity (Wildman–Crippen MR) is 107 cm³/mol. The second-order valence-electron chi connectivity index (χ2n) is 6.81. The maximum atomic E-state index is 12.8. The summed E-state index contributed by atoms with van der Waals surface area (Å²) in [5, 5.41) is 16.5. The number of piperazine rings is 1. The van der Waals surface area contributed by atoms with E-state index in [2.05, 4.69) is 30.3 Å². The average Bonchev–Trinajstić information content (AvgIpc) is 3.52. The van der Waals surface area contributed by atoms with Crippen molar-refractivity contribution in [3.05, 3.63) is 66.9 Å². The van der Waals surface area contributed by atoms with Crippen molar-refractivity contribution in [3.63, 3.8) is 0 Å². The average molecular weight is 402 g/mol. The minimum atomic E-state index is -0.131. The first-order chi connectivity index (χ1) is 14.8. The van der Waals surface area contributed by atoms with Gasteiger partial charge >= 0.3 is 0 Å². The molecule has 0 bridgehead atoms. The zero-order chi connectivity index (χ0) is 20.3. The molecule has 1 amide bonds. The molecule has 1 aliphatic heterocycles. The van der Waals surface area contributed by atoms with E-state index in [0.29, 0.717) is 43.5 Å². The Hall–Kier alpha value is -4.08. The molecular weight excluding hydrogens is 384 g/mol. The van der Waals surface area contributed by atoms with Crippen LogP contribution in [-0.4, -0.2) is 67.1 Å². The lowest BCUT2D eigenvalue weighted by Gasteiger charge is -2.34. The minimum absolute atomic E-state index is 0.131. The number of carbonyl (C=O) groups excluding carboxylic acids is 1. The Morgan fingerprint density at radius 2 is 1.70 bits per heavy atom. The van der Waals surface area contributed by atoms with Crippen LogP contribution in [0, 0.1) is 0 Å². The van der Waals surface area contributed by atoms with Crippen LogP contribution >= 0.6 is 0 Å². The molecule has 0 saturated carbocycles. The Bertz CT molecular complexity index is 1120. The van der Waals surface area contributed by atoms with Gasteiger partial charge in [-0.05, 0) is 12.1 Å². The molecule has 1 fully saturated rings. The van der Waals surface area contributed by atoms with Crippen LogP contribution in [0.4, 0.5) is 5.82 Å². The van der Waals surface area contributed by atoms with Crippen molar-refractivity contribution in [1.29, 1.82) is 0 Å². The van der Waals surface area contributed by atoms with Crippen molar-refractivity contribution >= 4 is 11.7 Å². The van der Waals surface area contributed by atoms with Gasteiger partial charge in [0.2, 0.25) is 0 Å². The Balaban J connectivity index is 1.22. The van der Waals surface area contributed by atoms with E-state index in [-0.39, 0.29) is 5.91 Å². The molecule has 0 atom stereocenters. The van der Waals surface area contributed by atoms with E-state index >= 15 is 0 Å². The molecule has 150 valence electrons. The van der Waals surface area contributed by atoms with Crippen LogP contribution in [-0.2, 0) is 0 Å². The van der Waals surface area contributed by atoms with Gasteiger partial charge in [-0.3, -0.25) is 4.79 Å². The number of rotatable bonds is 4. The summed E-state index contributed by atoms with van der Waals surface area (Å²) in [6, 6.07) is 15.0. The van der Waals surface area contributed by atoms with Crippen molar-refractivity contribution in [1.82, 2.24) is 35.0 Å². The van der Waals surface area contributed by atoms with Crippen molar-refractivity contribution in [2.75, 3.05) is 31.1 Å². The molecule has 5 rings (SSSR count). The number of aromatic nitrogens is 6. The fraction of sp³-hybridized carbons (Fsp3) is 0.200. The van der Waals surface area contributed by atoms with Crippen molar-refractivity contribution < 1.29 is 9.32 Å². The van der Waals surface area contributed by atoms with E-state index in [1.807, 2.05) is 42.5 Å². The molecule has 0 aliphatic carbocycles. The summed E-state index contributed by atoms with van der Waals surface area (Å²) in [4.78, 5) is 20.6. The Morgan fingerprint density at radius 1 is 0.933 bits per heavy atom. The second kappa shape index (κ2) is 7.74. The highest BCUT2D eigenvalue weighted by atomic mass is 16.5. The maximum absolute atomic E-state index is 12.8. The molecular formula is C20H18N8O2. The smallest absolute Gasteiger partial charge is 0.276 e. The van der Waals surface area contributed by atoms with Crippen molar-refractivity contribution in [3.8, 4) is 17.1 Å². The zero-order valence-electron chi connectivity index (χ0n) is 16.0. The summed E-state index contributed by atoms with van der Waals surface area (Å²) in [6.07, 6.45) is 3.02. The minimum Gasteiger partial charge on any atom is -0.355 e. The van der Waals surface area contributed by atoms with Crippen LogP contribution < -0.4 is 4.90 Å². The molecule has 30 heavy (non-hydrogen) atoms. The number of amides is 1. The quantitative estimate of drug-likeness (QED) is 0.508. The van der Waals surface area contributed by atoms with E-state index < -0.39 is 0 Å². The molecule has 1 aliphatic rings. The van der Waals surface area contributed by atoms with Gasteiger partial charge in [-0.1, -0.05) is 35.5 Å². The van der Waals surface area contributed by atoms with Gasteiger partial charge in [-0.15, -0.1) is 10.2 Å². The summed E-state index contributed by atoms with van der Waals surface area (Å²) < 4.78 is 6.91. The highest BCUT2D eigenvalue weighted by molar-refractivity contribution is 5.93. The molecule has 1 saturated heterocycles. The molecule has 4 heterocycles. The van der Waals surface area contributed by atoms with E-state index in [4.69, 9.17) is 4.52 Å². The highest BCUT2D eigenvalue weighted by Crippen LogP contribution is 2.21. The number of nitrogens with zero attached hydrogens (tertiary/aromatic N) is 8. The maximum Gasteiger partial charge on any atom is 0.276 e. The Morgan fingerprint density at radius 3 is 2.40 bits per heavy atom. The third kappa shape index (κ3) is 3.50. The lowest BCUT2D eigenvalue weighted by atomic mass is 10.1. The number of hydrogen-bond acceptors (Lipinski definition) is 8.